The molecule has 3 N–H and O–H groups in total. The molecule has 0 saturated carbocycles. The number of benzene rings is 2. The minimum atomic E-state index is -0.863. The largest absolute Gasteiger partial charge is 0.445 e. The average Bonchev–Trinajstić information content (AvgIpc) is 2.69. The van der Waals surface area contributed by atoms with Crippen LogP contribution in [-0.2, 0) is 16.1 Å². The number of hydrogen-bond donors (Lipinski definition) is 3. The van der Waals surface area contributed by atoms with Gasteiger partial charge < -0.3 is 10.1 Å². The molecule has 0 heterocycles. The van der Waals surface area contributed by atoms with Crippen molar-refractivity contribution >= 4 is 17.9 Å². The summed E-state index contributed by atoms with van der Waals surface area (Å²) >= 11 is 0. The second-order valence-electron chi connectivity index (χ2n) is 7.19. The van der Waals surface area contributed by atoms with E-state index in [4.69, 9.17) is 4.74 Å². The van der Waals surface area contributed by atoms with Crippen LogP contribution in [0.3, 0.4) is 0 Å². The van der Waals surface area contributed by atoms with Crippen molar-refractivity contribution in [2.24, 2.45) is 5.92 Å². The number of carbonyl (C=O) groups excluding carboxylic acids is 3. The average molecular weight is 397 g/mol. The summed E-state index contributed by atoms with van der Waals surface area (Å²) in [7, 11) is 0. The number of nitrogens with one attached hydrogen (secondary N) is 3. The Morgan fingerprint density at radius 2 is 1.66 bits per heavy atom. The fourth-order valence-corrected chi connectivity index (χ4v) is 2.76. The van der Waals surface area contributed by atoms with E-state index in [-0.39, 0.29) is 12.5 Å². The molecule has 154 valence electrons. The first-order chi connectivity index (χ1) is 13.8. The lowest BCUT2D eigenvalue weighted by Gasteiger charge is -2.21. The molecule has 0 fully saturated rings. The Kier molecular flexibility index (Phi) is 7.77. The second-order valence-corrected chi connectivity index (χ2v) is 7.19. The monoisotopic (exact) mass is 397 g/mol. The Morgan fingerprint density at radius 3 is 2.28 bits per heavy atom. The molecule has 29 heavy (non-hydrogen) atoms. The third kappa shape index (κ3) is 6.64. The SMILES string of the molecule is Cc1ccc(C(=O)NNC(=O)[C@@H](NC(=O)OCc2ccccc2)C(C)C)c(C)c1. The van der Waals surface area contributed by atoms with E-state index in [0.717, 1.165) is 16.7 Å². The third-order valence-electron chi connectivity index (χ3n) is 4.36. The molecular weight excluding hydrogens is 370 g/mol. The second kappa shape index (κ2) is 10.3. The van der Waals surface area contributed by atoms with Gasteiger partial charge in [0.2, 0.25) is 0 Å². The number of hydrogen-bond acceptors (Lipinski definition) is 4. The standard InChI is InChI=1S/C22H27N3O4/c1-14(2)19(23-22(28)29-13-17-8-6-5-7-9-17)21(27)25-24-20(26)18-11-10-15(3)12-16(18)4/h5-12,14,19H,13H2,1-4H3,(H,23,28)(H,24,26)(H,25,27)/t19-/m0/s1. The summed E-state index contributed by atoms with van der Waals surface area (Å²) in [5, 5.41) is 2.54. The quantitative estimate of drug-likeness (QED) is 0.653. The lowest BCUT2D eigenvalue weighted by atomic mass is 10.0. The molecular formula is C22H27N3O4. The summed E-state index contributed by atoms with van der Waals surface area (Å²) in [6, 6.07) is 13.8. The number of carbonyl (C=O) groups is 3. The summed E-state index contributed by atoms with van der Waals surface area (Å²) < 4.78 is 5.16. The van der Waals surface area contributed by atoms with E-state index in [1.165, 1.54) is 0 Å². The van der Waals surface area contributed by atoms with Gasteiger partial charge in [0.15, 0.2) is 0 Å². The lowest BCUT2D eigenvalue weighted by molar-refractivity contribution is -0.124. The van der Waals surface area contributed by atoms with Crippen LogP contribution in [-0.4, -0.2) is 23.9 Å². The third-order valence-corrected chi connectivity index (χ3v) is 4.36. The number of aryl methyl sites for hydroxylation is 2. The van der Waals surface area contributed by atoms with Crippen LogP contribution in [0.2, 0.25) is 0 Å². The maximum absolute atomic E-state index is 12.5. The Labute approximate surface area is 170 Å². The topological polar surface area (TPSA) is 96.5 Å². The van der Waals surface area contributed by atoms with E-state index in [2.05, 4.69) is 16.2 Å². The first-order valence-electron chi connectivity index (χ1n) is 9.42. The zero-order chi connectivity index (χ0) is 21.4. The van der Waals surface area contributed by atoms with Gasteiger partial charge in [0, 0.05) is 5.56 Å². The van der Waals surface area contributed by atoms with Crippen molar-refractivity contribution in [1.29, 1.82) is 0 Å². The van der Waals surface area contributed by atoms with Crippen LogP contribution < -0.4 is 16.2 Å². The highest BCUT2D eigenvalue weighted by atomic mass is 16.5. The van der Waals surface area contributed by atoms with Crippen LogP contribution in [0.4, 0.5) is 4.79 Å². The number of rotatable bonds is 6. The molecule has 2 aromatic rings. The van der Waals surface area contributed by atoms with E-state index in [1.54, 1.807) is 19.9 Å². The van der Waals surface area contributed by atoms with Gasteiger partial charge in [0.05, 0.1) is 0 Å². The first-order valence-corrected chi connectivity index (χ1v) is 9.42. The molecule has 0 aliphatic carbocycles. The number of hydrazine groups is 1. The normalized spacial score (nSPS) is 11.5. The molecule has 1 atom stereocenters. The summed E-state index contributed by atoms with van der Waals surface area (Å²) in [6.45, 7) is 7.43. The molecule has 0 radical (unpaired) electrons. The van der Waals surface area contributed by atoms with Gasteiger partial charge in [-0.15, -0.1) is 0 Å². The summed E-state index contributed by atoms with van der Waals surface area (Å²) in [5.41, 5.74) is 7.92. The Hall–Kier alpha value is -3.35. The van der Waals surface area contributed by atoms with E-state index in [9.17, 15) is 14.4 Å². The summed E-state index contributed by atoms with van der Waals surface area (Å²) in [4.78, 5) is 36.9. The van der Waals surface area contributed by atoms with Gasteiger partial charge in [0.1, 0.15) is 12.6 Å². The van der Waals surface area contributed by atoms with Crippen molar-refractivity contribution < 1.29 is 19.1 Å². The van der Waals surface area contributed by atoms with E-state index < -0.39 is 23.9 Å². The highest BCUT2D eigenvalue weighted by Gasteiger charge is 2.25. The number of alkyl carbamates (subject to hydrolysis) is 1. The Bertz CT molecular complexity index is 866. The van der Waals surface area contributed by atoms with Gasteiger partial charge in [-0.05, 0) is 37.0 Å². The zero-order valence-electron chi connectivity index (χ0n) is 17.1. The molecule has 7 nitrogen and oxygen atoms in total. The molecule has 0 aliphatic rings. The van der Waals surface area contributed by atoms with Crippen LogP contribution in [0, 0.1) is 19.8 Å². The fourth-order valence-electron chi connectivity index (χ4n) is 2.76. The highest BCUT2D eigenvalue weighted by molar-refractivity contribution is 5.97. The van der Waals surface area contributed by atoms with Crippen molar-refractivity contribution in [2.45, 2.75) is 40.3 Å². The molecule has 7 heteroatoms. The predicted molar refractivity (Wildman–Crippen MR) is 110 cm³/mol. The Balaban J connectivity index is 1.89. The van der Waals surface area contributed by atoms with Gasteiger partial charge in [-0.3, -0.25) is 20.4 Å². The van der Waals surface area contributed by atoms with E-state index in [0.29, 0.717) is 5.56 Å². The van der Waals surface area contributed by atoms with Crippen molar-refractivity contribution in [3.63, 3.8) is 0 Å². The van der Waals surface area contributed by atoms with Crippen molar-refractivity contribution in [1.82, 2.24) is 16.2 Å². The van der Waals surface area contributed by atoms with Crippen LogP contribution in [0.15, 0.2) is 48.5 Å². The van der Waals surface area contributed by atoms with Gasteiger partial charge in [-0.1, -0.05) is 61.9 Å². The van der Waals surface area contributed by atoms with Crippen molar-refractivity contribution in [3.8, 4) is 0 Å². The number of amides is 3. The smallest absolute Gasteiger partial charge is 0.408 e. The van der Waals surface area contributed by atoms with E-state index in [1.807, 2.05) is 56.3 Å². The minimum Gasteiger partial charge on any atom is -0.445 e. The molecule has 0 spiro atoms. The van der Waals surface area contributed by atoms with Gasteiger partial charge in [-0.2, -0.15) is 0 Å². The van der Waals surface area contributed by atoms with Crippen LogP contribution in [0.1, 0.15) is 40.9 Å². The molecule has 0 aromatic heterocycles. The predicted octanol–water partition coefficient (Wildman–Crippen LogP) is 3.02. The van der Waals surface area contributed by atoms with Gasteiger partial charge in [0.25, 0.3) is 11.8 Å². The molecule has 2 rings (SSSR count). The number of ether oxygens (including phenoxy) is 1. The van der Waals surface area contributed by atoms with Crippen molar-refractivity contribution in [2.75, 3.05) is 0 Å². The summed E-state index contributed by atoms with van der Waals surface area (Å²) in [5.74, 6) is -1.17. The van der Waals surface area contributed by atoms with Crippen LogP contribution in [0.5, 0.6) is 0 Å². The Morgan fingerprint density at radius 1 is 0.966 bits per heavy atom. The van der Waals surface area contributed by atoms with Crippen LogP contribution >= 0.6 is 0 Å². The minimum absolute atomic E-state index is 0.0997. The lowest BCUT2D eigenvalue weighted by Crippen LogP contribution is -2.54. The zero-order valence-corrected chi connectivity index (χ0v) is 17.1. The first kappa shape index (κ1) is 21.9. The molecule has 2 aromatic carbocycles. The fraction of sp³-hybridized carbons (Fsp3) is 0.318. The molecule has 0 unspecified atom stereocenters. The van der Waals surface area contributed by atoms with E-state index >= 15 is 0 Å². The van der Waals surface area contributed by atoms with Gasteiger partial charge in [-0.25, -0.2) is 4.79 Å². The van der Waals surface area contributed by atoms with Crippen molar-refractivity contribution in [3.05, 3.63) is 70.8 Å². The maximum atomic E-state index is 12.5. The molecule has 0 aliphatic heterocycles. The molecule has 0 saturated heterocycles. The highest BCUT2D eigenvalue weighted by Crippen LogP contribution is 2.10. The van der Waals surface area contributed by atoms with Gasteiger partial charge >= 0.3 is 6.09 Å². The molecule has 3 amide bonds. The van der Waals surface area contributed by atoms with Crippen LogP contribution in [0.25, 0.3) is 0 Å². The molecule has 0 bridgehead atoms. The summed E-state index contributed by atoms with van der Waals surface area (Å²) in [6.07, 6.45) is -0.705. The maximum Gasteiger partial charge on any atom is 0.408 e.